The van der Waals surface area contributed by atoms with Crippen molar-refractivity contribution in [2.75, 3.05) is 0 Å². The van der Waals surface area contributed by atoms with E-state index < -0.39 is 0 Å². The highest BCUT2D eigenvalue weighted by Crippen LogP contribution is 1.83. The van der Waals surface area contributed by atoms with Crippen molar-refractivity contribution in [1.29, 1.82) is 0 Å². The monoisotopic (exact) mass is 128 g/mol. The molecule has 0 unspecified atom stereocenters. The van der Waals surface area contributed by atoms with Gasteiger partial charge in [0.05, 0.1) is 6.26 Å². The Labute approximate surface area is 53.3 Å². The number of rotatable bonds is 3. The number of ether oxygens (including phenoxy) is 1. The molecule has 50 valence electrons. The Morgan fingerprint density at radius 2 is 2.33 bits per heavy atom. The van der Waals surface area contributed by atoms with Gasteiger partial charge in [0.2, 0.25) is 0 Å². The van der Waals surface area contributed by atoms with Crippen LogP contribution in [-0.4, -0.2) is 12.3 Å². The molecule has 3 nitrogen and oxygen atoms in total. The van der Waals surface area contributed by atoms with Crippen LogP contribution in [0.4, 0.5) is 0 Å². The fourth-order valence-corrected chi connectivity index (χ4v) is 0.231. The molecule has 0 N–H and O–H groups in total. The minimum absolute atomic E-state index is 0.323. The van der Waals surface area contributed by atoms with Gasteiger partial charge in [-0.1, -0.05) is 6.92 Å². The van der Waals surface area contributed by atoms with Crippen LogP contribution in [0.25, 0.3) is 0 Å². The molecule has 0 amide bonds. The fourth-order valence-electron chi connectivity index (χ4n) is 0.231. The predicted molar refractivity (Wildman–Crippen MR) is 31.6 cm³/mol. The van der Waals surface area contributed by atoms with Gasteiger partial charge in [-0.3, -0.25) is 9.59 Å². The Balaban J connectivity index is 3.37. The summed E-state index contributed by atoms with van der Waals surface area (Å²) in [5.41, 5.74) is 0. The molecule has 0 bridgehead atoms. The summed E-state index contributed by atoms with van der Waals surface area (Å²) in [6, 6.07) is 0. The van der Waals surface area contributed by atoms with Crippen LogP contribution < -0.4 is 0 Å². The van der Waals surface area contributed by atoms with Gasteiger partial charge in [0.15, 0.2) is 0 Å². The summed E-state index contributed by atoms with van der Waals surface area (Å²) in [5.74, 6) is -0.340. The lowest BCUT2D eigenvalue weighted by atomic mass is 10.5. The summed E-state index contributed by atoms with van der Waals surface area (Å²) >= 11 is 0. The quantitative estimate of drug-likeness (QED) is 0.242. The maximum absolute atomic E-state index is 10.3. The fraction of sp³-hybridized carbons (Fsp3) is 0.333. The molecule has 0 rings (SSSR count). The Morgan fingerprint density at radius 1 is 1.67 bits per heavy atom. The molecule has 0 spiro atoms. The number of hydrogen-bond acceptors (Lipinski definition) is 3. The highest BCUT2D eigenvalue weighted by Gasteiger charge is 1.90. The molecule has 0 fully saturated rings. The van der Waals surface area contributed by atoms with Crippen LogP contribution in [0.2, 0.25) is 0 Å². The van der Waals surface area contributed by atoms with Crippen molar-refractivity contribution in [2.45, 2.75) is 13.3 Å². The summed E-state index contributed by atoms with van der Waals surface area (Å²) in [6.07, 6.45) is 3.05. The van der Waals surface area contributed by atoms with Crippen LogP contribution in [0, 0.1) is 0 Å². The highest BCUT2D eigenvalue weighted by molar-refractivity contribution is 5.71. The van der Waals surface area contributed by atoms with Gasteiger partial charge in [0.25, 0.3) is 0 Å². The third-order valence-electron chi connectivity index (χ3n) is 0.645. The third-order valence-corrected chi connectivity index (χ3v) is 0.645. The van der Waals surface area contributed by atoms with Gasteiger partial charge in [0.1, 0.15) is 6.29 Å². The number of esters is 1. The molecular weight excluding hydrogens is 120 g/mol. The topological polar surface area (TPSA) is 43.4 Å². The maximum atomic E-state index is 10.3. The normalized spacial score (nSPS) is 9.44. The van der Waals surface area contributed by atoms with Crippen LogP contribution in [0.3, 0.4) is 0 Å². The molecule has 0 heterocycles. The molecule has 9 heavy (non-hydrogen) atoms. The average Bonchev–Trinajstić information content (AvgIpc) is 1.89. The summed E-state index contributed by atoms with van der Waals surface area (Å²) in [6.45, 7) is 1.68. The van der Waals surface area contributed by atoms with E-state index in [2.05, 4.69) is 4.74 Å². The number of allylic oxidation sites excluding steroid dienone is 1. The van der Waals surface area contributed by atoms with Crippen molar-refractivity contribution in [3.63, 3.8) is 0 Å². The molecule has 0 aromatic rings. The van der Waals surface area contributed by atoms with Gasteiger partial charge in [-0.15, -0.1) is 0 Å². The van der Waals surface area contributed by atoms with E-state index in [1.807, 2.05) is 0 Å². The van der Waals surface area contributed by atoms with Gasteiger partial charge in [-0.25, -0.2) is 0 Å². The highest BCUT2D eigenvalue weighted by atomic mass is 16.5. The van der Waals surface area contributed by atoms with Gasteiger partial charge in [-0.2, -0.15) is 0 Å². The zero-order valence-corrected chi connectivity index (χ0v) is 5.16. The van der Waals surface area contributed by atoms with Gasteiger partial charge in [-0.05, 0) is 0 Å². The van der Waals surface area contributed by atoms with E-state index in [0.717, 1.165) is 12.3 Å². The minimum Gasteiger partial charge on any atom is -0.434 e. The third kappa shape index (κ3) is 4.74. The van der Waals surface area contributed by atoms with Crippen LogP contribution in [0.5, 0.6) is 0 Å². The number of hydrogen-bond donors (Lipinski definition) is 0. The number of carbonyl (C=O) groups is 2. The smallest absolute Gasteiger partial charge is 0.310 e. The van der Waals surface area contributed by atoms with E-state index in [1.165, 1.54) is 0 Å². The van der Waals surface area contributed by atoms with Crippen molar-refractivity contribution >= 4 is 12.3 Å². The molecule has 0 aliphatic heterocycles. The second kappa shape index (κ2) is 5.03. The molecule has 0 aliphatic rings. The summed E-state index contributed by atoms with van der Waals surface area (Å²) in [7, 11) is 0. The van der Waals surface area contributed by atoms with Crippen LogP contribution in [0.15, 0.2) is 12.3 Å². The van der Waals surface area contributed by atoms with E-state index in [4.69, 9.17) is 0 Å². The summed E-state index contributed by atoms with van der Waals surface area (Å²) < 4.78 is 4.38. The van der Waals surface area contributed by atoms with E-state index in [1.54, 1.807) is 6.92 Å². The molecule has 0 radical (unpaired) electrons. The first-order valence-corrected chi connectivity index (χ1v) is 2.61. The molecule has 0 aliphatic carbocycles. The van der Waals surface area contributed by atoms with Crippen molar-refractivity contribution in [1.82, 2.24) is 0 Å². The van der Waals surface area contributed by atoms with E-state index in [0.29, 0.717) is 12.7 Å². The summed E-state index contributed by atoms with van der Waals surface area (Å²) in [5, 5.41) is 0. The van der Waals surface area contributed by atoms with E-state index in [9.17, 15) is 9.59 Å². The number of carbonyl (C=O) groups excluding carboxylic acids is 2. The number of aldehydes is 1. The van der Waals surface area contributed by atoms with E-state index in [-0.39, 0.29) is 5.97 Å². The Morgan fingerprint density at radius 3 is 2.78 bits per heavy atom. The first-order valence-electron chi connectivity index (χ1n) is 2.61. The maximum Gasteiger partial charge on any atom is 0.310 e. The van der Waals surface area contributed by atoms with Gasteiger partial charge in [0, 0.05) is 12.5 Å². The summed E-state index contributed by atoms with van der Waals surface area (Å²) in [4.78, 5) is 19.9. The van der Waals surface area contributed by atoms with Crippen molar-refractivity contribution in [3.8, 4) is 0 Å². The predicted octanol–water partition coefficient (Wildman–Crippen LogP) is 0.652. The molecular formula is C6H8O3. The second-order valence-electron chi connectivity index (χ2n) is 1.31. The zero-order valence-electron chi connectivity index (χ0n) is 5.16. The first-order chi connectivity index (χ1) is 4.31. The van der Waals surface area contributed by atoms with E-state index >= 15 is 0 Å². The van der Waals surface area contributed by atoms with Crippen LogP contribution in [-0.2, 0) is 14.3 Å². The molecule has 0 saturated carbocycles. The molecule has 0 aromatic carbocycles. The lowest BCUT2D eigenvalue weighted by Crippen LogP contribution is -1.94. The average molecular weight is 128 g/mol. The SMILES string of the molecule is CCC(=O)O/C=C/C=O. The van der Waals surface area contributed by atoms with Gasteiger partial charge < -0.3 is 4.74 Å². The standard InChI is InChI=1S/C6H8O3/c1-2-6(8)9-5-3-4-7/h3-5H,2H2,1H3/b5-3+. The van der Waals surface area contributed by atoms with Crippen molar-refractivity contribution in [3.05, 3.63) is 12.3 Å². The lowest BCUT2D eigenvalue weighted by molar-refractivity contribution is -0.137. The molecule has 0 atom stereocenters. The molecule has 3 heteroatoms. The Bertz CT molecular complexity index is 126. The van der Waals surface area contributed by atoms with Crippen LogP contribution in [0.1, 0.15) is 13.3 Å². The molecule has 0 saturated heterocycles. The zero-order chi connectivity index (χ0) is 7.11. The lowest BCUT2D eigenvalue weighted by Gasteiger charge is -1.90. The first kappa shape index (κ1) is 7.88. The second-order valence-corrected chi connectivity index (χ2v) is 1.31. The largest absolute Gasteiger partial charge is 0.434 e. The Hall–Kier alpha value is -1.12. The van der Waals surface area contributed by atoms with Crippen molar-refractivity contribution in [2.24, 2.45) is 0 Å². The minimum atomic E-state index is -0.340. The van der Waals surface area contributed by atoms with Crippen molar-refractivity contribution < 1.29 is 14.3 Å². The van der Waals surface area contributed by atoms with Crippen LogP contribution >= 0.6 is 0 Å². The molecule has 0 aromatic heterocycles. The Kier molecular flexibility index (Phi) is 4.40. The van der Waals surface area contributed by atoms with Gasteiger partial charge >= 0.3 is 5.97 Å².